The van der Waals surface area contributed by atoms with E-state index >= 15 is 0 Å². The van der Waals surface area contributed by atoms with Crippen molar-refractivity contribution in [1.29, 1.82) is 0 Å². The summed E-state index contributed by atoms with van der Waals surface area (Å²) in [4.78, 5) is 11.4. The van der Waals surface area contributed by atoms with E-state index in [1.54, 1.807) is 48.5 Å². The van der Waals surface area contributed by atoms with Crippen LogP contribution in [0, 0.1) is 13.8 Å². The van der Waals surface area contributed by atoms with Gasteiger partial charge >= 0.3 is 10.2 Å². The largest absolute Gasteiger partial charge is 0.321 e. The average Bonchev–Trinajstić information content (AvgIpc) is 2.75. The molecule has 3 aromatic rings. The number of anilines is 2. The molecule has 0 bridgehead atoms. The van der Waals surface area contributed by atoms with Crippen LogP contribution in [0.15, 0.2) is 77.7 Å². The quantitative estimate of drug-likeness (QED) is 0.222. The second-order valence-corrected chi connectivity index (χ2v) is 10.4. The molecule has 0 unspecified atom stereocenters. The maximum absolute atomic E-state index is 12.0. The summed E-state index contributed by atoms with van der Waals surface area (Å²) in [5.41, 5.74) is 3.38. The molecular weight excluding hydrogens is 532 g/mol. The molecule has 0 atom stereocenters. The first kappa shape index (κ1) is 26.5. The van der Waals surface area contributed by atoms with Crippen LogP contribution in [0.1, 0.15) is 21.5 Å². The summed E-state index contributed by atoms with van der Waals surface area (Å²) in [6.07, 6.45) is 0. The smallest absolute Gasteiger partial charge is 0.293 e. The van der Waals surface area contributed by atoms with Crippen LogP contribution in [-0.4, -0.2) is 32.5 Å². The fourth-order valence-electron chi connectivity index (χ4n) is 2.47. The highest BCUT2D eigenvalue weighted by Gasteiger charge is 2.11. The Bertz CT molecular complexity index is 1290. The molecule has 3 rings (SSSR count). The summed E-state index contributed by atoms with van der Waals surface area (Å²) in [6, 6.07) is 19.2. The number of nitrogens with one attached hydrogen (secondary N) is 2. The van der Waals surface area contributed by atoms with Gasteiger partial charge in [-0.15, -0.1) is 0 Å². The first-order valence-electron chi connectivity index (χ1n) is 9.50. The van der Waals surface area contributed by atoms with Crippen LogP contribution in [0.4, 0.5) is 11.4 Å². The molecule has 0 spiro atoms. The molecule has 0 heterocycles. The lowest BCUT2D eigenvalue weighted by molar-refractivity contribution is 0.102. The van der Waals surface area contributed by atoms with Crippen molar-refractivity contribution in [3.05, 3.63) is 89.5 Å². The summed E-state index contributed by atoms with van der Waals surface area (Å²) in [5.74, 6) is -0.0628. The van der Waals surface area contributed by atoms with Gasteiger partial charge in [0.05, 0.1) is 21.6 Å². The SMILES string of the molecule is Cc1ccc(NS(=O)(=O)Nc2ccc(C(=O)CBr)cc2)cc1.Cc1ccc(S(=O)(=O)O)cc1. The molecule has 0 aliphatic heterocycles. The molecular formula is C22H23BrN2O6S2. The van der Waals surface area contributed by atoms with Gasteiger partial charge in [-0.25, -0.2) is 0 Å². The number of halogens is 1. The van der Waals surface area contributed by atoms with Crippen molar-refractivity contribution in [2.45, 2.75) is 18.7 Å². The molecule has 0 fully saturated rings. The second kappa shape index (κ2) is 11.4. The number of alkyl halides is 1. The molecule has 0 aromatic heterocycles. The number of ketones is 1. The summed E-state index contributed by atoms with van der Waals surface area (Å²) < 4.78 is 58.4. The van der Waals surface area contributed by atoms with Gasteiger partial charge in [0.2, 0.25) is 0 Å². The lowest BCUT2D eigenvalue weighted by atomic mass is 10.1. The minimum Gasteiger partial charge on any atom is -0.293 e. The van der Waals surface area contributed by atoms with E-state index < -0.39 is 20.3 Å². The van der Waals surface area contributed by atoms with Gasteiger partial charge in [-0.3, -0.25) is 18.8 Å². The minimum atomic E-state index is -4.02. The summed E-state index contributed by atoms with van der Waals surface area (Å²) in [7, 11) is -7.75. The highest BCUT2D eigenvalue weighted by molar-refractivity contribution is 9.09. The Morgan fingerprint density at radius 1 is 0.758 bits per heavy atom. The number of hydrogen-bond donors (Lipinski definition) is 3. The summed E-state index contributed by atoms with van der Waals surface area (Å²) in [5, 5.41) is 0.229. The molecule has 0 saturated heterocycles. The van der Waals surface area contributed by atoms with Gasteiger partial charge in [-0.1, -0.05) is 51.3 Å². The summed E-state index contributed by atoms with van der Waals surface area (Å²) >= 11 is 3.09. The first-order chi connectivity index (χ1) is 15.4. The standard InChI is InChI=1S/C15H15BrN2O3S.C7H8O3S/c1-11-2-6-13(7-3-11)17-22(20,21)18-14-8-4-12(5-9-14)15(19)10-16;1-6-2-4-7(5-3-6)11(8,9)10/h2-9,17-18H,10H2,1H3;2-5H,1H3,(H,8,9,10). The van der Waals surface area contributed by atoms with Gasteiger partial charge < -0.3 is 0 Å². The average molecular weight is 555 g/mol. The van der Waals surface area contributed by atoms with Gasteiger partial charge in [-0.05, 0) is 62.4 Å². The third-order valence-corrected chi connectivity index (χ3v) is 6.59. The molecule has 0 radical (unpaired) electrons. The van der Waals surface area contributed by atoms with Crippen LogP contribution >= 0.6 is 15.9 Å². The molecule has 33 heavy (non-hydrogen) atoms. The monoisotopic (exact) mass is 554 g/mol. The van der Waals surface area contributed by atoms with E-state index in [1.807, 2.05) is 26.0 Å². The number of rotatable bonds is 7. The predicted molar refractivity (Wildman–Crippen MR) is 133 cm³/mol. The van der Waals surface area contributed by atoms with E-state index in [1.165, 1.54) is 12.1 Å². The Balaban J connectivity index is 0.000000294. The Morgan fingerprint density at radius 2 is 1.15 bits per heavy atom. The van der Waals surface area contributed by atoms with E-state index in [0.717, 1.165) is 11.1 Å². The highest BCUT2D eigenvalue weighted by Crippen LogP contribution is 2.15. The Kier molecular flexibility index (Phi) is 9.17. The molecule has 8 nitrogen and oxygen atoms in total. The molecule has 0 saturated carbocycles. The normalized spacial score (nSPS) is 11.2. The maximum atomic E-state index is 12.0. The van der Waals surface area contributed by atoms with Crippen LogP contribution in [0.2, 0.25) is 0 Å². The third-order valence-electron chi connectivity index (χ3n) is 4.20. The van der Waals surface area contributed by atoms with Crippen molar-refractivity contribution < 1.29 is 26.2 Å². The van der Waals surface area contributed by atoms with E-state index in [9.17, 15) is 21.6 Å². The van der Waals surface area contributed by atoms with Crippen molar-refractivity contribution in [1.82, 2.24) is 0 Å². The number of hydrogen-bond acceptors (Lipinski definition) is 5. The van der Waals surface area contributed by atoms with E-state index in [-0.39, 0.29) is 16.0 Å². The van der Waals surface area contributed by atoms with Gasteiger partial charge in [-0.2, -0.15) is 16.8 Å². The number of carbonyl (C=O) groups is 1. The molecule has 0 aliphatic carbocycles. The number of Topliss-reactive ketones (excluding diaryl/α,β-unsaturated/α-hetero) is 1. The lowest BCUT2D eigenvalue weighted by Gasteiger charge is -2.11. The number of aryl methyl sites for hydroxylation is 2. The first-order valence-corrected chi connectivity index (χ1v) is 13.5. The van der Waals surface area contributed by atoms with Gasteiger partial charge in [0.15, 0.2) is 5.78 Å². The fraction of sp³-hybridized carbons (Fsp3) is 0.136. The Labute approximate surface area is 202 Å². The predicted octanol–water partition coefficient (Wildman–Crippen LogP) is 4.58. The molecule has 176 valence electrons. The van der Waals surface area contributed by atoms with Crippen molar-refractivity contribution in [2.24, 2.45) is 0 Å². The van der Waals surface area contributed by atoms with Crippen LogP contribution in [0.25, 0.3) is 0 Å². The van der Waals surface area contributed by atoms with Crippen molar-refractivity contribution in [3.8, 4) is 0 Å². The van der Waals surface area contributed by atoms with Crippen molar-refractivity contribution in [3.63, 3.8) is 0 Å². The highest BCUT2D eigenvalue weighted by atomic mass is 79.9. The third kappa shape index (κ3) is 8.97. The minimum absolute atomic E-state index is 0.0628. The molecule has 0 aliphatic rings. The second-order valence-electron chi connectivity index (χ2n) is 7.00. The van der Waals surface area contributed by atoms with Gasteiger partial charge in [0.25, 0.3) is 10.1 Å². The van der Waals surface area contributed by atoms with Gasteiger partial charge in [0.1, 0.15) is 0 Å². The summed E-state index contributed by atoms with van der Waals surface area (Å²) in [6.45, 7) is 3.76. The topological polar surface area (TPSA) is 130 Å². The van der Waals surface area contributed by atoms with Crippen LogP contribution in [0.3, 0.4) is 0 Å². The van der Waals surface area contributed by atoms with Crippen LogP contribution < -0.4 is 9.44 Å². The van der Waals surface area contributed by atoms with E-state index in [0.29, 0.717) is 16.9 Å². The lowest BCUT2D eigenvalue weighted by Crippen LogP contribution is -2.21. The molecule has 11 heteroatoms. The molecule has 0 amide bonds. The zero-order valence-corrected chi connectivity index (χ0v) is 21.0. The maximum Gasteiger partial charge on any atom is 0.321 e. The van der Waals surface area contributed by atoms with Crippen LogP contribution in [0.5, 0.6) is 0 Å². The van der Waals surface area contributed by atoms with E-state index in [2.05, 4.69) is 25.4 Å². The molecule has 3 N–H and O–H groups in total. The van der Waals surface area contributed by atoms with Crippen molar-refractivity contribution in [2.75, 3.05) is 14.8 Å². The van der Waals surface area contributed by atoms with Crippen molar-refractivity contribution >= 4 is 53.4 Å². The zero-order chi connectivity index (χ0) is 24.6. The zero-order valence-electron chi connectivity index (χ0n) is 17.8. The fourth-order valence-corrected chi connectivity index (χ4v) is 4.22. The Morgan fingerprint density at radius 3 is 1.55 bits per heavy atom. The Hall–Kier alpha value is -2.73. The van der Waals surface area contributed by atoms with Gasteiger partial charge in [0, 0.05) is 5.56 Å². The van der Waals surface area contributed by atoms with E-state index in [4.69, 9.17) is 4.55 Å². The van der Waals surface area contributed by atoms with Crippen LogP contribution in [-0.2, 0) is 20.3 Å². The molecule has 3 aromatic carbocycles. The number of benzene rings is 3. The number of carbonyl (C=O) groups excluding carboxylic acids is 1.